The molecule has 2 fully saturated rings. The highest BCUT2D eigenvalue weighted by Crippen LogP contribution is 2.35. The van der Waals surface area contributed by atoms with Gasteiger partial charge in [-0.15, -0.1) is 12.4 Å². The molecule has 2 saturated carbocycles. The lowest BCUT2D eigenvalue weighted by molar-refractivity contribution is 0.0939. The third-order valence-corrected chi connectivity index (χ3v) is 12.7. The molecule has 0 heterocycles. The summed E-state index contributed by atoms with van der Waals surface area (Å²) in [4.78, 5) is 26.1. The van der Waals surface area contributed by atoms with Crippen LogP contribution < -0.4 is 16.0 Å². The Morgan fingerprint density at radius 1 is 0.449 bits per heavy atom. The van der Waals surface area contributed by atoms with E-state index in [2.05, 4.69) is 22.9 Å². The molecule has 6 aromatic carbocycles. The van der Waals surface area contributed by atoms with Crippen molar-refractivity contribution in [2.24, 2.45) is 23.7 Å². The van der Waals surface area contributed by atoms with Crippen molar-refractivity contribution in [3.8, 4) is 44.5 Å². The minimum Gasteiger partial charge on any atom is -0.400 e. The lowest BCUT2D eigenvalue weighted by atomic mass is 9.95. The van der Waals surface area contributed by atoms with Gasteiger partial charge in [0.15, 0.2) is 0 Å². The average Bonchev–Trinajstić information content (AvgIpc) is 4.04. The van der Waals surface area contributed by atoms with Crippen LogP contribution in [0.1, 0.15) is 79.0 Å². The summed E-state index contributed by atoms with van der Waals surface area (Å²) in [6.45, 7) is 4.59. The largest absolute Gasteiger partial charge is 0.400 e. The molecule has 2 aliphatic rings. The van der Waals surface area contributed by atoms with Crippen LogP contribution >= 0.6 is 12.4 Å². The van der Waals surface area contributed by atoms with E-state index >= 15 is 0 Å². The van der Waals surface area contributed by atoms with Crippen LogP contribution in [0.3, 0.4) is 0 Å². The monoisotopic (exact) mass is 967 g/mol. The molecule has 2 aliphatic carbocycles. The summed E-state index contributed by atoms with van der Waals surface area (Å²) in [5.74, 6) is 1.01. The zero-order valence-corrected chi connectivity index (χ0v) is 40.7. The molecule has 0 radical (unpaired) electrons. The molecule has 0 aliphatic heterocycles. The fourth-order valence-electron chi connectivity index (χ4n) is 9.30. The summed E-state index contributed by atoms with van der Waals surface area (Å²) >= 11 is 0. The van der Waals surface area contributed by atoms with Crippen LogP contribution in [0.5, 0.6) is 0 Å². The van der Waals surface area contributed by atoms with Gasteiger partial charge in [0.2, 0.25) is 0 Å². The molecule has 5 N–H and O–H groups in total. The summed E-state index contributed by atoms with van der Waals surface area (Å²) in [6.07, 6.45) is 9.53. The maximum atomic E-state index is 13.4. The number of halogens is 5. The molecule has 8 rings (SSSR count). The van der Waals surface area contributed by atoms with Crippen molar-refractivity contribution < 1.29 is 37.4 Å². The van der Waals surface area contributed by atoms with Crippen LogP contribution in [0.4, 0.5) is 17.6 Å². The van der Waals surface area contributed by atoms with Gasteiger partial charge in [0.05, 0.1) is 0 Å². The molecule has 12 heteroatoms. The highest BCUT2D eigenvalue weighted by atomic mass is 35.5. The second kappa shape index (κ2) is 28.6. The Bertz CT molecular complexity index is 2190. The van der Waals surface area contributed by atoms with Gasteiger partial charge in [-0.1, -0.05) is 74.7 Å². The number of hydrogen-bond acceptors (Lipinski definition) is 5. The van der Waals surface area contributed by atoms with Crippen molar-refractivity contribution in [1.82, 2.24) is 16.0 Å². The first kappa shape index (κ1) is 55.7. The molecule has 69 heavy (non-hydrogen) atoms. The zero-order valence-electron chi connectivity index (χ0n) is 39.9. The van der Waals surface area contributed by atoms with Crippen molar-refractivity contribution in [2.75, 3.05) is 40.9 Å². The van der Waals surface area contributed by atoms with Gasteiger partial charge in [0, 0.05) is 38.4 Å². The van der Waals surface area contributed by atoms with E-state index in [1.807, 2.05) is 43.4 Å². The molecule has 368 valence electrons. The Morgan fingerprint density at radius 3 is 1.01 bits per heavy atom. The van der Waals surface area contributed by atoms with E-state index in [0.717, 1.165) is 84.0 Å². The summed E-state index contributed by atoms with van der Waals surface area (Å²) in [6, 6.07) is 36.1. The maximum Gasteiger partial charge on any atom is 0.251 e. The smallest absolute Gasteiger partial charge is 0.251 e. The molecule has 0 aromatic heterocycles. The maximum absolute atomic E-state index is 13.4. The minimum atomic E-state index is -0.311. The number of rotatable bonds is 14. The molecular weight excluding hydrogens is 902 g/mol. The fraction of sp³-hybridized carbons (Fsp3) is 0.333. The topological polar surface area (TPSA) is 111 Å². The van der Waals surface area contributed by atoms with Crippen molar-refractivity contribution in [1.29, 1.82) is 0 Å². The van der Waals surface area contributed by atoms with E-state index in [1.54, 1.807) is 48.5 Å². The van der Waals surface area contributed by atoms with Gasteiger partial charge in [-0.25, -0.2) is 17.6 Å². The first-order valence-corrected chi connectivity index (χ1v) is 23.5. The fourth-order valence-corrected chi connectivity index (χ4v) is 9.30. The van der Waals surface area contributed by atoms with E-state index in [0.29, 0.717) is 42.0 Å². The third kappa shape index (κ3) is 16.7. The summed E-state index contributed by atoms with van der Waals surface area (Å²) in [5, 5.41) is 23.5. The Balaban J connectivity index is 0.000000277. The Morgan fingerprint density at radius 2 is 0.725 bits per heavy atom. The minimum absolute atomic E-state index is 0. The molecule has 0 unspecified atom stereocenters. The molecule has 4 atom stereocenters. The van der Waals surface area contributed by atoms with E-state index in [1.165, 1.54) is 87.1 Å². The van der Waals surface area contributed by atoms with Gasteiger partial charge < -0.3 is 26.2 Å². The summed E-state index contributed by atoms with van der Waals surface area (Å²) in [5.41, 5.74) is 7.63. The molecule has 6 aromatic rings. The van der Waals surface area contributed by atoms with Crippen LogP contribution in [0.25, 0.3) is 44.5 Å². The van der Waals surface area contributed by atoms with Crippen molar-refractivity contribution in [3.05, 3.63) is 168 Å². The predicted molar refractivity (Wildman–Crippen MR) is 273 cm³/mol. The Labute approximate surface area is 411 Å². The Kier molecular flexibility index (Phi) is 23.1. The normalized spacial score (nSPS) is 16.8. The average molecular weight is 969 g/mol. The molecule has 2 amide bonds. The van der Waals surface area contributed by atoms with Crippen LogP contribution in [0, 0.1) is 46.9 Å². The first-order valence-electron chi connectivity index (χ1n) is 23.5. The van der Waals surface area contributed by atoms with Gasteiger partial charge in [0.25, 0.3) is 11.8 Å². The number of hydrogen-bond donors (Lipinski definition) is 5. The molecule has 0 spiro atoms. The number of nitrogens with one attached hydrogen (secondary N) is 3. The van der Waals surface area contributed by atoms with E-state index in [4.69, 9.17) is 10.2 Å². The number of amides is 2. The SMILES string of the molecule is CCC[C@@H]1CC[C@H](CNC(=O)c2cc(-c3ccc(F)cc3)cc(-c3ccc(F)cc3)c2)C1.CNC[C@@H]1CC[C@H](CNC(=O)c2cc(-c3ccc(F)cc3)cc(-c3ccc(F)cc3)c2)C1.CO.CO.Cl. The number of aliphatic hydroxyl groups is 2. The zero-order chi connectivity index (χ0) is 49.0. The van der Waals surface area contributed by atoms with Crippen LogP contribution in [-0.2, 0) is 0 Å². The molecule has 7 nitrogen and oxygen atoms in total. The van der Waals surface area contributed by atoms with Gasteiger partial charge in [-0.3, -0.25) is 9.59 Å². The first-order chi connectivity index (χ1) is 33.0. The van der Waals surface area contributed by atoms with Gasteiger partial charge >= 0.3 is 0 Å². The lowest BCUT2D eigenvalue weighted by Gasteiger charge is -2.14. The summed E-state index contributed by atoms with van der Waals surface area (Å²) in [7, 11) is 3.97. The van der Waals surface area contributed by atoms with E-state index in [-0.39, 0.29) is 47.5 Å². The van der Waals surface area contributed by atoms with Crippen LogP contribution in [0.15, 0.2) is 133 Å². The van der Waals surface area contributed by atoms with E-state index < -0.39 is 0 Å². The second-order valence-electron chi connectivity index (χ2n) is 17.5. The Hall–Kier alpha value is -5.85. The van der Waals surface area contributed by atoms with Gasteiger partial charge in [-0.2, -0.15) is 0 Å². The van der Waals surface area contributed by atoms with E-state index in [9.17, 15) is 27.2 Å². The van der Waals surface area contributed by atoms with Crippen molar-refractivity contribution in [3.63, 3.8) is 0 Å². The quantitative estimate of drug-likeness (QED) is 0.0699. The lowest BCUT2D eigenvalue weighted by Crippen LogP contribution is -2.28. The molecule has 0 bridgehead atoms. The standard InChI is InChI=1S/C28H29F2NO.C27H28F2N2O.2CH4O.ClH/c1-2-3-19-4-5-20(14-19)18-31-28(32)25-16-23(21-6-10-26(29)11-7-21)15-24(17-25)22-8-12-27(30)13-9-22;1-30-16-18-2-3-19(12-18)17-31-27(32)24-14-22(20-4-8-25(28)9-5-20)13-23(15-24)21-6-10-26(29)11-7-21;2*1-2;/h6-13,15-17,19-20H,2-5,14,18H2,1H3,(H,31,32);4-11,13-15,18-19,30H,2-3,12,16-17H2,1H3,(H,31,32);2*2H,1H3;1H/t19-,20+;18-,19+;;;/m11.../s1. The number of benzene rings is 6. The summed E-state index contributed by atoms with van der Waals surface area (Å²) < 4.78 is 53.7. The van der Waals surface area contributed by atoms with Crippen molar-refractivity contribution in [2.45, 2.75) is 58.3 Å². The van der Waals surface area contributed by atoms with Crippen molar-refractivity contribution >= 4 is 24.2 Å². The van der Waals surface area contributed by atoms with Crippen LogP contribution in [0.2, 0.25) is 0 Å². The number of aliphatic hydroxyl groups excluding tert-OH is 2. The molecule has 0 saturated heterocycles. The third-order valence-electron chi connectivity index (χ3n) is 12.7. The number of carbonyl (C=O) groups excluding carboxylic acids is 2. The second-order valence-corrected chi connectivity index (χ2v) is 17.5. The highest BCUT2D eigenvalue weighted by Gasteiger charge is 2.26. The number of carbonyl (C=O) groups is 2. The predicted octanol–water partition coefficient (Wildman–Crippen LogP) is 12.5. The van der Waals surface area contributed by atoms with Gasteiger partial charge in [-0.05, 0) is 199 Å². The molecular formula is C57H66ClF4N3O4. The van der Waals surface area contributed by atoms with Crippen LogP contribution in [-0.4, -0.2) is 62.9 Å². The highest BCUT2D eigenvalue weighted by molar-refractivity contribution is 5.98. The van der Waals surface area contributed by atoms with Gasteiger partial charge in [0.1, 0.15) is 23.3 Å².